The van der Waals surface area contributed by atoms with Crippen LogP contribution in [0.1, 0.15) is 53.0 Å². The molecule has 0 radical (unpaired) electrons. The molecule has 150 valence electrons. The maximum Gasteiger partial charge on any atom is 0.358 e. The number of amides is 1. The quantitative estimate of drug-likeness (QED) is 0.576. The van der Waals surface area contributed by atoms with E-state index in [4.69, 9.17) is 4.74 Å². The summed E-state index contributed by atoms with van der Waals surface area (Å²) in [6.45, 7) is 1.62. The Morgan fingerprint density at radius 3 is 2.79 bits per heavy atom. The highest BCUT2D eigenvalue weighted by Gasteiger charge is 2.17. The van der Waals surface area contributed by atoms with Crippen LogP contribution >= 0.6 is 22.7 Å². The van der Waals surface area contributed by atoms with Crippen molar-refractivity contribution in [3.8, 4) is 10.6 Å². The predicted octanol–water partition coefficient (Wildman–Crippen LogP) is 4.78. The fourth-order valence-electron chi connectivity index (χ4n) is 3.48. The minimum Gasteiger partial charge on any atom is -0.451 e. The molecule has 29 heavy (non-hydrogen) atoms. The lowest BCUT2D eigenvalue weighted by Gasteiger charge is -2.20. The van der Waals surface area contributed by atoms with Gasteiger partial charge in [0.05, 0.1) is 6.04 Å². The van der Waals surface area contributed by atoms with Crippen LogP contribution in [0.4, 0.5) is 0 Å². The zero-order valence-electron chi connectivity index (χ0n) is 16.1. The zero-order chi connectivity index (χ0) is 20.2. The molecule has 1 N–H and O–H groups in total. The molecule has 0 fully saturated rings. The highest BCUT2D eigenvalue weighted by atomic mass is 32.1. The molecule has 4 rings (SSSR count). The summed E-state index contributed by atoms with van der Waals surface area (Å²) in [7, 11) is 0. The molecule has 2 heterocycles. The van der Waals surface area contributed by atoms with Crippen LogP contribution in [0.15, 0.2) is 40.4 Å². The highest BCUT2D eigenvalue weighted by molar-refractivity contribution is 7.14. The monoisotopic (exact) mass is 426 g/mol. The zero-order valence-corrected chi connectivity index (χ0v) is 17.8. The Hall–Kier alpha value is -2.51. The van der Waals surface area contributed by atoms with Crippen molar-refractivity contribution in [2.45, 2.75) is 38.6 Å². The smallest absolute Gasteiger partial charge is 0.358 e. The van der Waals surface area contributed by atoms with Crippen LogP contribution in [0, 0.1) is 0 Å². The molecule has 0 saturated carbocycles. The van der Waals surface area contributed by atoms with Gasteiger partial charge in [0, 0.05) is 16.3 Å². The maximum absolute atomic E-state index is 12.2. The molecule has 1 aliphatic rings. The van der Waals surface area contributed by atoms with Crippen LogP contribution in [0.3, 0.4) is 0 Å². The van der Waals surface area contributed by atoms with Crippen molar-refractivity contribution < 1.29 is 14.3 Å². The Morgan fingerprint density at radius 2 is 2.00 bits per heavy atom. The number of carbonyl (C=O) groups excluding carboxylic acids is 2. The lowest BCUT2D eigenvalue weighted by molar-refractivity contribution is -0.124. The molecule has 0 saturated heterocycles. The van der Waals surface area contributed by atoms with E-state index in [1.54, 1.807) is 16.7 Å². The number of thiophene rings is 1. The number of carbonyl (C=O) groups is 2. The van der Waals surface area contributed by atoms with Crippen LogP contribution < -0.4 is 5.32 Å². The molecule has 0 aliphatic heterocycles. The van der Waals surface area contributed by atoms with Gasteiger partial charge in [-0.2, -0.15) is 11.3 Å². The summed E-state index contributed by atoms with van der Waals surface area (Å²) < 4.78 is 5.14. The molecule has 0 bridgehead atoms. The van der Waals surface area contributed by atoms with Crippen molar-refractivity contribution in [2.24, 2.45) is 0 Å². The lowest BCUT2D eigenvalue weighted by atomic mass is 9.89. The second kappa shape index (κ2) is 8.88. The predicted molar refractivity (Wildman–Crippen MR) is 115 cm³/mol. The Morgan fingerprint density at radius 1 is 1.17 bits per heavy atom. The molecule has 1 amide bonds. The number of aryl methyl sites for hydroxylation is 2. The first-order chi connectivity index (χ1) is 14.1. The minimum atomic E-state index is -0.584. The summed E-state index contributed by atoms with van der Waals surface area (Å²) >= 11 is 2.96. The number of nitrogens with zero attached hydrogens (tertiary/aromatic N) is 1. The van der Waals surface area contributed by atoms with Gasteiger partial charge < -0.3 is 10.1 Å². The third-order valence-electron chi connectivity index (χ3n) is 5.07. The van der Waals surface area contributed by atoms with Crippen molar-refractivity contribution in [3.05, 3.63) is 62.8 Å². The van der Waals surface area contributed by atoms with Crippen molar-refractivity contribution >= 4 is 34.6 Å². The Labute approximate surface area is 177 Å². The summed E-state index contributed by atoms with van der Waals surface area (Å²) in [5, 5.41) is 9.26. The van der Waals surface area contributed by atoms with Gasteiger partial charge in [0.25, 0.3) is 5.91 Å². The number of fused-ring (bicyclic) bond motifs is 1. The number of ether oxygens (including phenoxy) is 1. The third kappa shape index (κ3) is 4.74. The van der Waals surface area contributed by atoms with Crippen molar-refractivity contribution in [1.82, 2.24) is 10.3 Å². The summed E-state index contributed by atoms with van der Waals surface area (Å²) in [5.41, 5.74) is 5.08. The number of benzene rings is 1. The Balaban J connectivity index is 1.30. The average molecular weight is 427 g/mol. The van der Waals surface area contributed by atoms with Gasteiger partial charge in [-0.05, 0) is 60.7 Å². The fourth-order valence-corrected chi connectivity index (χ4v) is 4.98. The first-order valence-electron chi connectivity index (χ1n) is 9.66. The van der Waals surface area contributed by atoms with E-state index < -0.39 is 5.97 Å². The van der Waals surface area contributed by atoms with Gasteiger partial charge in [-0.15, -0.1) is 11.3 Å². The molecule has 1 unspecified atom stereocenters. The maximum atomic E-state index is 12.2. The number of thiazole rings is 1. The number of rotatable bonds is 6. The lowest BCUT2D eigenvalue weighted by Crippen LogP contribution is -2.31. The molecule has 1 aliphatic carbocycles. The number of nitrogens with one attached hydrogen (secondary N) is 1. The normalized spacial score (nSPS) is 14.1. The molecule has 0 spiro atoms. The van der Waals surface area contributed by atoms with Crippen molar-refractivity contribution in [2.75, 3.05) is 6.61 Å². The summed E-state index contributed by atoms with van der Waals surface area (Å²) in [4.78, 5) is 28.7. The van der Waals surface area contributed by atoms with E-state index in [2.05, 4.69) is 28.5 Å². The van der Waals surface area contributed by atoms with Crippen LogP contribution in [0.5, 0.6) is 0 Å². The fraction of sp³-hybridized carbons (Fsp3) is 0.318. The Kier molecular flexibility index (Phi) is 6.06. The summed E-state index contributed by atoms with van der Waals surface area (Å²) in [6.07, 6.45) is 4.70. The minimum absolute atomic E-state index is 0.141. The van der Waals surface area contributed by atoms with Gasteiger partial charge in [0.1, 0.15) is 5.01 Å². The van der Waals surface area contributed by atoms with Gasteiger partial charge in [-0.25, -0.2) is 9.78 Å². The van der Waals surface area contributed by atoms with Gasteiger partial charge in [-0.1, -0.05) is 18.2 Å². The van der Waals surface area contributed by atoms with E-state index in [0.717, 1.165) is 29.0 Å². The average Bonchev–Trinajstić information content (AvgIpc) is 3.43. The molecule has 5 nitrogen and oxygen atoms in total. The van der Waals surface area contributed by atoms with E-state index in [-0.39, 0.29) is 24.2 Å². The molecule has 3 aromatic rings. The van der Waals surface area contributed by atoms with Gasteiger partial charge in [-0.3, -0.25) is 4.79 Å². The molecular formula is C22H22N2O3S2. The van der Waals surface area contributed by atoms with Gasteiger partial charge in [0.15, 0.2) is 12.3 Å². The second-order valence-electron chi connectivity index (χ2n) is 7.15. The number of esters is 1. The number of hydrogen-bond donors (Lipinski definition) is 1. The molecular weight excluding hydrogens is 404 g/mol. The molecule has 2 aromatic heterocycles. The standard InChI is InChI=1S/C22H22N2O3S2/c1-14(16-7-6-15-4-2-3-5-17(15)10-16)23-20(25)11-27-22(26)19-13-29-21(24-19)18-8-9-28-12-18/h6-10,12-14H,2-5,11H2,1H3,(H,23,25). The third-order valence-corrected chi connectivity index (χ3v) is 6.64. The van der Waals surface area contributed by atoms with Crippen LogP contribution in [0.2, 0.25) is 0 Å². The number of hydrogen-bond acceptors (Lipinski definition) is 6. The molecule has 1 aromatic carbocycles. The van der Waals surface area contributed by atoms with Crippen molar-refractivity contribution in [1.29, 1.82) is 0 Å². The van der Waals surface area contributed by atoms with Crippen LogP contribution in [-0.2, 0) is 22.4 Å². The Bertz CT molecular complexity index is 1010. The SMILES string of the molecule is CC(NC(=O)COC(=O)c1csc(-c2ccsc2)n1)c1ccc2c(c1)CCCC2. The molecule has 1 atom stereocenters. The largest absolute Gasteiger partial charge is 0.451 e. The van der Waals surface area contributed by atoms with Gasteiger partial charge in [0.2, 0.25) is 0 Å². The highest BCUT2D eigenvalue weighted by Crippen LogP contribution is 2.26. The molecule has 7 heteroatoms. The first-order valence-corrected chi connectivity index (χ1v) is 11.5. The van der Waals surface area contributed by atoms with Gasteiger partial charge >= 0.3 is 5.97 Å². The summed E-state index contributed by atoms with van der Waals surface area (Å²) in [6, 6.07) is 8.24. The topological polar surface area (TPSA) is 68.3 Å². The van der Waals surface area contributed by atoms with Crippen molar-refractivity contribution in [3.63, 3.8) is 0 Å². The second-order valence-corrected chi connectivity index (χ2v) is 8.79. The number of aromatic nitrogens is 1. The van der Waals surface area contributed by atoms with Crippen LogP contribution in [-0.4, -0.2) is 23.5 Å². The van der Waals surface area contributed by atoms with E-state index in [9.17, 15) is 9.59 Å². The van der Waals surface area contributed by atoms with E-state index in [1.165, 1.54) is 35.3 Å². The van der Waals surface area contributed by atoms with E-state index in [0.29, 0.717) is 0 Å². The van der Waals surface area contributed by atoms with E-state index >= 15 is 0 Å². The first kappa shape index (κ1) is 19.8. The van der Waals surface area contributed by atoms with Crippen LogP contribution in [0.25, 0.3) is 10.6 Å². The summed E-state index contributed by atoms with van der Waals surface area (Å²) in [5.74, 6) is -0.906. The van der Waals surface area contributed by atoms with E-state index in [1.807, 2.05) is 23.8 Å².